The first-order valence-electron chi connectivity index (χ1n) is 7.09. The van der Waals surface area contributed by atoms with E-state index in [9.17, 15) is 4.79 Å². The highest BCUT2D eigenvalue weighted by molar-refractivity contribution is 8.13. The highest BCUT2D eigenvalue weighted by atomic mass is 32.2. The number of carbonyl (C=O) groups is 1. The Hall–Kier alpha value is -1.07. The minimum Gasteiger partial charge on any atom is -0.458 e. The first-order valence-corrected chi connectivity index (χ1v) is 12.0. The minimum atomic E-state index is -1.17. The average molecular weight is 324 g/mol. The van der Waals surface area contributed by atoms with Crippen LogP contribution < -0.4 is 0 Å². The van der Waals surface area contributed by atoms with Gasteiger partial charge >= 0.3 is 5.97 Å². The highest BCUT2D eigenvalue weighted by Crippen LogP contribution is 2.20. The van der Waals surface area contributed by atoms with Gasteiger partial charge in [-0.05, 0) is 18.7 Å². The summed E-state index contributed by atoms with van der Waals surface area (Å²) >= 11 is 1.68. The predicted molar refractivity (Wildman–Crippen MR) is 94.9 cm³/mol. The van der Waals surface area contributed by atoms with Crippen LogP contribution in [0, 0.1) is 0 Å². The molecule has 0 fully saturated rings. The Kier molecular flexibility index (Phi) is 6.68. The van der Waals surface area contributed by atoms with Crippen molar-refractivity contribution < 1.29 is 9.53 Å². The van der Waals surface area contributed by atoms with Gasteiger partial charge in [-0.1, -0.05) is 43.9 Å². The van der Waals surface area contributed by atoms with Gasteiger partial charge in [0.05, 0.1) is 13.1 Å². The van der Waals surface area contributed by atoms with Gasteiger partial charge in [-0.15, -0.1) is 11.8 Å². The summed E-state index contributed by atoms with van der Waals surface area (Å²) in [5, 5.41) is 1.07. The summed E-state index contributed by atoms with van der Waals surface area (Å²) < 4.78 is 5.19. The van der Waals surface area contributed by atoms with Crippen LogP contribution >= 0.6 is 11.8 Å². The van der Waals surface area contributed by atoms with Crippen molar-refractivity contribution in [2.45, 2.75) is 39.6 Å². The second-order valence-electron chi connectivity index (χ2n) is 6.26. The highest BCUT2D eigenvalue weighted by Gasteiger charge is 2.13. The molecule has 0 aromatic heterocycles. The molecule has 0 aliphatic heterocycles. The molecule has 0 heterocycles. The lowest BCUT2D eigenvalue weighted by atomic mass is 10.1. The number of hydrogen-bond acceptors (Lipinski definition) is 4. The second-order valence-corrected chi connectivity index (χ2v) is 12.5. The van der Waals surface area contributed by atoms with Crippen LogP contribution in [0.1, 0.15) is 31.1 Å². The Bertz CT molecular complexity index is 506. The van der Waals surface area contributed by atoms with Crippen molar-refractivity contribution in [3.63, 3.8) is 0 Å². The van der Waals surface area contributed by atoms with Crippen molar-refractivity contribution in [3.8, 4) is 0 Å². The van der Waals surface area contributed by atoms with Crippen LogP contribution in [0.2, 0.25) is 19.6 Å². The average Bonchev–Trinajstić information content (AvgIpc) is 2.38. The van der Waals surface area contributed by atoms with Gasteiger partial charge in [0.2, 0.25) is 0 Å². The molecule has 0 radical (unpaired) electrons. The SMILES string of the molecule is CSC(=NC[Si](C)(C)C)c1ccc(C(C)OC(C)=O)cc1. The van der Waals surface area contributed by atoms with Crippen molar-refractivity contribution in [2.75, 3.05) is 12.4 Å². The third kappa shape index (κ3) is 6.48. The molecule has 0 N–H and O–H groups in total. The van der Waals surface area contributed by atoms with E-state index >= 15 is 0 Å². The van der Waals surface area contributed by atoms with Crippen LogP contribution in [0.5, 0.6) is 0 Å². The lowest BCUT2D eigenvalue weighted by Gasteiger charge is -2.14. The molecule has 3 nitrogen and oxygen atoms in total. The molecule has 5 heteroatoms. The number of esters is 1. The Balaban J connectivity index is 2.87. The van der Waals surface area contributed by atoms with Crippen LogP contribution in [0.15, 0.2) is 29.3 Å². The van der Waals surface area contributed by atoms with E-state index in [1.807, 2.05) is 19.1 Å². The maximum absolute atomic E-state index is 11.0. The molecule has 0 bridgehead atoms. The van der Waals surface area contributed by atoms with E-state index in [4.69, 9.17) is 9.73 Å². The first-order chi connectivity index (χ1) is 9.73. The Morgan fingerprint density at radius 1 is 1.29 bits per heavy atom. The maximum Gasteiger partial charge on any atom is 0.303 e. The topological polar surface area (TPSA) is 38.7 Å². The summed E-state index contributed by atoms with van der Waals surface area (Å²) in [5.41, 5.74) is 2.12. The summed E-state index contributed by atoms with van der Waals surface area (Å²) in [6.45, 7) is 10.3. The number of benzene rings is 1. The number of ether oxygens (including phenoxy) is 1. The van der Waals surface area contributed by atoms with Gasteiger partial charge in [-0.3, -0.25) is 9.79 Å². The zero-order valence-corrected chi connectivity index (χ0v) is 15.6. The van der Waals surface area contributed by atoms with Crippen LogP contribution in [0.4, 0.5) is 0 Å². The Morgan fingerprint density at radius 3 is 2.29 bits per heavy atom. The van der Waals surface area contributed by atoms with Gasteiger partial charge < -0.3 is 4.74 Å². The third-order valence-corrected chi connectivity index (χ3v) is 4.72. The van der Waals surface area contributed by atoms with E-state index in [2.05, 4.69) is 38.0 Å². The fourth-order valence-electron chi connectivity index (χ4n) is 1.80. The van der Waals surface area contributed by atoms with Crippen LogP contribution in [-0.2, 0) is 9.53 Å². The van der Waals surface area contributed by atoms with Crippen molar-refractivity contribution in [3.05, 3.63) is 35.4 Å². The Morgan fingerprint density at radius 2 is 1.86 bits per heavy atom. The largest absolute Gasteiger partial charge is 0.458 e. The lowest BCUT2D eigenvalue weighted by molar-refractivity contribution is -0.145. The molecule has 0 aliphatic carbocycles. The van der Waals surface area contributed by atoms with Crippen LogP contribution in [0.25, 0.3) is 0 Å². The fraction of sp³-hybridized carbons (Fsp3) is 0.500. The molecule has 1 aromatic carbocycles. The summed E-state index contributed by atoms with van der Waals surface area (Å²) in [6.07, 6.45) is 2.78. The molecule has 0 saturated carbocycles. The molecule has 116 valence electrons. The maximum atomic E-state index is 11.0. The van der Waals surface area contributed by atoms with Gasteiger partial charge in [0.1, 0.15) is 6.10 Å². The second kappa shape index (κ2) is 7.80. The van der Waals surface area contributed by atoms with Gasteiger partial charge in [0, 0.05) is 18.7 Å². The molecule has 0 aliphatic rings. The summed E-state index contributed by atoms with van der Waals surface area (Å²) in [5.74, 6) is -0.256. The number of rotatable bonds is 5. The van der Waals surface area contributed by atoms with E-state index in [1.54, 1.807) is 11.8 Å². The normalized spacial score (nSPS) is 13.9. The first kappa shape index (κ1) is 18.0. The lowest BCUT2D eigenvalue weighted by Crippen LogP contribution is -2.25. The molecule has 1 aromatic rings. The monoisotopic (exact) mass is 323 g/mol. The molecule has 0 saturated heterocycles. The molecule has 1 unspecified atom stereocenters. The number of nitrogens with zero attached hydrogens (tertiary/aromatic N) is 1. The van der Waals surface area contributed by atoms with Gasteiger partial charge in [-0.2, -0.15) is 0 Å². The van der Waals surface area contributed by atoms with Crippen LogP contribution in [0.3, 0.4) is 0 Å². The molecule has 1 rings (SSSR count). The Labute approximate surface area is 133 Å². The minimum absolute atomic E-state index is 0.215. The van der Waals surface area contributed by atoms with Crippen molar-refractivity contribution in [1.29, 1.82) is 0 Å². The molecule has 0 spiro atoms. The molecule has 21 heavy (non-hydrogen) atoms. The van der Waals surface area contributed by atoms with E-state index in [0.29, 0.717) is 0 Å². The van der Waals surface area contributed by atoms with Crippen molar-refractivity contribution in [2.24, 2.45) is 4.99 Å². The standard InChI is InChI=1S/C16H25NO2SSi/c1-12(19-13(2)18)14-7-9-15(10-8-14)16(20-3)17-11-21(4,5)6/h7-10,12H,11H2,1-6H3. The number of thioether (sulfide) groups is 1. The number of hydrogen-bond donors (Lipinski definition) is 0. The van der Waals surface area contributed by atoms with E-state index in [0.717, 1.165) is 22.3 Å². The zero-order chi connectivity index (χ0) is 16.0. The predicted octanol–water partition coefficient (Wildman–Crippen LogP) is 4.30. The smallest absolute Gasteiger partial charge is 0.303 e. The number of carbonyl (C=O) groups excluding carboxylic acids is 1. The van der Waals surface area contributed by atoms with E-state index in [-0.39, 0.29) is 12.1 Å². The summed E-state index contributed by atoms with van der Waals surface area (Å²) in [6, 6.07) is 8.11. The fourth-order valence-corrected chi connectivity index (χ4v) is 3.11. The summed E-state index contributed by atoms with van der Waals surface area (Å²) in [7, 11) is -1.17. The molecule has 0 amide bonds. The quantitative estimate of drug-likeness (QED) is 0.351. The van der Waals surface area contributed by atoms with Gasteiger partial charge in [0.25, 0.3) is 0 Å². The molecule has 1 atom stereocenters. The van der Waals surface area contributed by atoms with E-state index in [1.165, 1.54) is 6.92 Å². The number of aliphatic imine (C=N–C) groups is 1. The van der Waals surface area contributed by atoms with E-state index < -0.39 is 8.07 Å². The summed E-state index contributed by atoms with van der Waals surface area (Å²) in [4.78, 5) is 15.7. The molecular weight excluding hydrogens is 298 g/mol. The van der Waals surface area contributed by atoms with Gasteiger partial charge in [0.15, 0.2) is 0 Å². The van der Waals surface area contributed by atoms with Crippen molar-refractivity contribution >= 4 is 30.8 Å². The van der Waals surface area contributed by atoms with Crippen molar-refractivity contribution in [1.82, 2.24) is 0 Å². The zero-order valence-electron chi connectivity index (χ0n) is 13.8. The van der Waals surface area contributed by atoms with Crippen LogP contribution in [-0.4, -0.2) is 31.5 Å². The molecular formula is C16H25NO2SSi. The third-order valence-electron chi connectivity index (χ3n) is 2.86. The van der Waals surface area contributed by atoms with Gasteiger partial charge in [-0.25, -0.2) is 0 Å².